The van der Waals surface area contributed by atoms with E-state index in [1.807, 2.05) is 19.1 Å². The molecule has 0 aromatic heterocycles. The largest absolute Gasteiger partial charge is 0.494 e. The van der Waals surface area contributed by atoms with Crippen molar-refractivity contribution in [2.45, 2.75) is 33.2 Å². The van der Waals surface area contributed by atoms with Crippen LogP contribution in [0.25, 0.3) is 0 Å². The van der Waals surface area contributed by atoms with Crippen LogP contribution in [0.2, 0.25) is 0 Å². The van der Waals surface area contributed by atoms with E-state index in [9.17, 15) is 9.90 Å². The SMILES string of the molecule is CCCOc1ccc(C(C)N2CC(C)C(C(=O)O)C2)cc1. The molecule has 2 rings (SSSR count). The summed E-state index contributed by atoms with van der Waals surface area (Å²) in [5.74, 6) is 0.170. The van der Waals surface area contributed by atoms with Crippen LogP contribution in [0.4, 0.5) is 0 Å². The molecular formula is C17H25NO3. The fourth-order valence-corrected chi connectivity index (χ4v) is 2.92. The van der Waals surface area contributed by atoms with Gasteiger partial charge in [0.1, 0.15) is 5.75 Å². The van der Waals surface area contributed by atoms with Gasteiger partial charge in [0.25, 0.3) is 0 Å². The lowest BCUT2D eigenvalue weighted by Crippen LogP contribution is -2.26. The first-order valence-electron chi connectivity index (χ1n) is 7.72. The normalized spacial score (nSPS) is 24.0. The van der Waals surface area contributed by atoms with E-state index in [1.54, 1.807) is 0 Å². The Hall–Kier alpha value is -1.55. The summed E-state index contributed by atoms with van der Waals surface area (Å²) in [5, 5.41) is 9.23. The number of likely N-dealkylation sites (tertiary alicyclic amines) is 1. The molecule has 1 aromatic rings. The molecule has 0 saturated carbocycles. The van der Waals surface area contributed by atoms with Crippen LogP contribution in [0, 0.1) is 11.8 Å². The maximum atomic E-state index is 11.2. The van der Waals surface area contributed by atoms with Crippen LogP contribution in [0.5, 0.6) is 5.75 Å². The zero-order valence-corrected chi connectivity index (χ0v) is 13.1. The van der Waals surface area contributed by atoms with Crippen LogP contribution in [0.3, 0.4) is 0 Å². The van der Waals surface area contributed by atoms with Gasteiger partial charge >= 0.3 is 5.97 Å². The third kappa shape index (κ3) is 3.76. The first kappa shape index (κ1) is 15.8. The van der Waals surface area contributed by atoms with Crippen LogP contribution in [0.1, 0.15) is 38.8 Å². The van der Waals surface area contributed by atoms with E-state index in [2.05, 4.69) is 30.9 Å². The van der Waals surface area contributed by atoms with E-state index in [0.29, 0.717) is 6.54 Å². The second-order valence-corrected chi connectivity index (χ2v) is 5.97. The fraction of sp³-hybridized carbons (Fsp3) is 0.588. The number of aliphatic carboxylic acids is 1. The molecule has 1 aromatic carbocycles. The van der Waals surface area contributed by atoms with E-state index in [4.69, 9.17) is 4.74 Å². The fourth-order valence-electron chi connectivity index (χ4n) is 2.92. The van der Waals surface area contributed by atoms with Crippen LogP contribution in [-0.4, -0.2) is 35.7 Å². The standard InChI is InChI=1S/C17H25NO3/c1-4-9-21-15-7-5-14(6-8-15)13(3)18-10-12(2)16(11-18)17(19)20/h5-8,12-13,16H,4,9-11H2,1-3H3,(H,19,20). The molecule has 21 heavy (non-hydrogen) atoms. The van der Waals surface area contributed by atoms with Crippen LogP contribution in [0.15, 0.2) is 24.3 Å². The number of carbonyl (C=O) groups is 1. The van der Waals surface area contributed by atoms with Gasteiger partial charge in [-0.25, -0.2) is 0 Å². The van der Waals surface area contributed by atoms with Crippen LogP contribution in [-0.2, 0) is 4.79 Å². The average Bonchev–Trinajstić information content (AvgIpc) is 2.87. The van der Waals surface area contributed by atoms with Crippen LogP contribution < -0.4 is 4.74 Å². The van der Waals surface area contributed by atoms with Gasteiger partial charge < -0.3 is 9.84 Å². The Morgan fingerprint density at radius 1 is 1.38 bits per heavy atom. The first-order valence-corrected chi connectivity index (χ1v) is 7.72. The number of hydrogen-bond acceptors (Lipinski definition) is 3. The summed E-state index contributed by atoms with van der Waals surface area (Å²) >= 11 is 0. The Kier molecular flexibility index (Phi) is 5.23. The Morgan fingerprint density at radius 3 is 2.57 bits per heavy atom. The molecule has 1 saturated heterocycles. The highest BCUT2D eigenvalue weighted by Crippen LogP contribution is 2.31. The second-order valence-electron chi connectivity index (χ2n) is 5.97. The molecule has 1 heterocycles. The molecule has 3 atom stereocenters. The monoisotopic (exact) mass is 291 g/mol. The summed E-state index contributed by atoms with van der Waals surface area (Å²) in [6.45, 7) is 8.45. The Morgan fingerprint density at radius 2 is 2.05 bits per heavy atom. The molecule has 0 bridgehead atoms. The number of hydrogen-bond donors (Lipinski definition) is 1. The van der Waals surface area contributed by atoms with Crippen molar-refractivity contribution in [1.29, 1.82) is 0 Å². The van der Waals surface area contributed by atoms with E-state index in [1.165, 1.54) is 5.56 Å². The molecule has 4 nitrogen and oxygen atoms in total. The van der Waals surface area contributed by atoms with Gasteiger partial charge in [-0.05, 0) is 37.0 Å². The van der Waals surface area contributed by atoms with Crippen molar-refractivity contribution in [3.05, 3.63) is 29.8 Å². The van der Waals surface area contributed by atoms with E-state index in [0.717, 1.165) is 25.3 Å². The van der Waals surface area contributed by atoms with Gasteiger partial charge in [-0.15, -0.1) is 0 Å². The molecule has 0 amide bonds. The van der Waals surface area contributed by atoms with Gasteiger partial charge in [-0.2, -0.15) is 0 Å². The molecule has 1 N–H and O–H groups in total. The maximum Gasteiger partial charge on any atom is 0.308 e. The summed E-state index contributed by atoms with van der Waals surface area (Å²) in [7, 11) is 0. The average molecular weight is 291 g/mol. The number of benzene rings is 1. The zero-order valence-electron chi connectivity index (χ0n) is 13.1. The molecule has 116 valence electrons. The first-order chi connectivity index (χ1) is 10.0. The lowest BCUT2D eigenvalue weighted by Gasteiger charge is -2.24. The number of nitrogens with zero attached hydrogens (tertiary/aromatic N) is 1. The van der Waals surface area contributed by atoms with E-state index < -0.39 is 5.97 Å². The molecule has 0 radical (unpaired) electrons. The third-order valence-electron chi connectivity index (χ3n) is 4.34. The number of rotatable bonds is 6. The van der Waals surface area contributed by atoms with Gasteiger partial charge in [0.15, 0.2) is 0 Å². The predicted molar refractivity (Wildman–Crippen MR) is 82.5 cm³/mol. The minimum atomic E-state index is -0.680. The minimum absolute atomic E-state index is 0.206. The molecule has 0 aliphatic carbocycles. The molecule has 3 unspecified atom stereocenters. The van der Waals surface area contributed by atoms with Crippen molar-refractivity contribution in [2.75, 3.05) is 19.7 Å². The summed E-state index contributed by atoms with van der Waals surface area (Å²) in [5.41, 5.74) is 1.21. The lowest BCUT2D eigenvalue weighted by molar-refractivity contribution is -0.142. The van der Waals surface area contributed by atoms with E-state index >= 15 is 0 Å². The zero-order chi connectivity index (χ0) is 15.4. The highest BCUT2D eigenvalue weighted by Gasteiger charge is 2.36. The summed E-state index contributed by atoms with van der Waals surface area (Å²) < 4.78 is 5.59. The van der Waals surface area contributed by atoms with Crippen molar-refractivity contribution in [2.24, 2.45) is 11.8 Å². The number of carboxylic acid groups (broad SMARTS) is 1. The molecule has 1 fully saturated rings. The van der Waals surface area contributed by atoms with E-state index in [-0.39, 0.29) is 17.9 Å². The van der Waals surface area contributed by atoms with Crippen molar-refractivity contribution < 1.29 is 14.6 Å². The quantitative estimate of drug-likeness (QED) is 0.874. The lowest BCUT2D eigenvalue weighted by atomic mass is 9.99. The smallest absolute Gasteiger partial charge is 0.308 e. The van der Waals surface area contributed by atoms with Crippen molar-refractivity contribution in [1.82, 2.24) is 4.90 Å². The predicted octanol–water partition coefficient (Wildman–Crippen LogP) is 3.19. The Bertz CT molecular complexity index is 471. The van der Waals surface area contributed by atoms with Gasteiger partial charge in [0.2, 0.25) is 0 Å². The second kappa shape index (κ2) is 6.94. The highest BCUT2D eigenvalue weighted by molar-refractivity contribution is 5.71. The Labute approximate surface area is 126 Å². The van der Waals surface area contributed by atoms with Crippen molar-refractivity contribution in [3.63, 3.8) is 0 Å². The Balaban J connectivity index is 2.00. The van der Waals surface area contributed by atoms with Crippen molar-refractivity contribution in [3.8, 4) is 5.75 Å². The van der Waals surface area contributed by atoms with Gasteiger partial charge in [-0.3, -0.25) is 9.69 Å². The highest BCUT2D eigenvalue weighted by atomic mass is 16.5. The third-order valence-corrected chi connectivity index (χ3v) is 4.34. The van der Waals surface area contributed by atoms with Gasteiger partial charge in [-0.1, -0.05) is 26.0 Å². The number of carboxylic acids is 1. The van der Waals surface area contributed by atoms with Gasteiger partial charge in [0, 0.05) is 19.1 Å². The summed E-state index contributed by atoms with van der Waals surface area (Å²) in [4.78, 5) is 13.5. The molecule has 1 aliphatic rings. The summed E-state index contributed by atoms with van der Waals surface area (Å²) in [6.07, 6.45) is 1.00. The summed E-state index contributed by atoms with van der Waals surface area (Å²) in [6, 6.07) is 8.38. The van der Waals surface area contributed by atoms with Gasteiger partial charge in [0.05, 0.1) is 12.5 Å². The maximum absolute atomic E-state index is 11.2. The topological polar surface area (TPSA) is 49.8 Å². The minimum Gasteiger partial charge on any atom is -0.494 e. The van der Waals surface area contributed by atoms with Crippen molar-refractivity contribution >= 4 is 5.97 Å². The molecule has 0 spiro atoms. The number of ether oxygens (including phenoxy) is 1. The van der Waals surface area contributed by atoms with Crippen LogP contribution >= 0.6 is 0 Å². The molecular weight excluding hydrogens is 266 g/mol. The molecule has 4 heteroatoms. The molecule has 1 aliphatic heterocycles.